The molecule has 0 aliphatic carbocycles. The van der Waals surface area contributed by atoms with E-state index in [2.05, 4.69) is 6.58 Å². The molecule has 0 spiro atoms. The zero-order chi connectivity index (χ0) is 17.6. The highest BCUT2D eigenvalue weighted by Crippen LogP contribution is 2.13. The van der Waals surface area contributed by atoms with E-state index >= 15 is 0 Å². The van der Waals surface area contributed by atoms with Gasteiger partial charge < -0.3 is 10.2 Å². The molecule has 0 heterocycles. The number of hydrogen-bond acceptors (Lipinski definition) is 2. The minimum atomic E-state index is -0.833. The maximum Gasteiger partial charge on any atom is 0.300 e. The fourth-order valence-electron chi connectivity index (χ4n) is 2.52. The van der Waals surface area contributed by atoms with Crippen LogP contribution in [0.25, 0.3) is 0 Å². The normalized spacial score (nSPS) is 10.0. The van der Waals surface area contributed by atoms with Crippen LogP contribution < -0.4 is 0 Å². The Kier molecular flexibility index (Phi) is 24.9. The monoisotopic (exact) mass is 328 g/mol. The summed E-state index contributed by atoms with van der Waals surface area (Å²) in [5.74, 6) is -0.833. The summed E-state index contributed by atoms with van der Waals surface area (Å²) in [6, 6.07) is 0. The van der Waals surface area contributed by atoms with Crippen molar-refractivity contribution in [3.05, 3.63) is 12.7 Å². The summed E-state index contributed by atoms with van der Waals surface area (Å²) in [6.45, 7) is 5.21. The van der Waals surface area contributed by atoms with Crippen molar-refractivity contribution < 1.29 is 15.0 Å². The van der Waals surface area contributed by atoms with Gasteiger partial charge in [-0.25, -0.2) is 0 Å². The molecule has 0 radical (unpaired) electrons. The number of rotatable bonds is 16. The quantitative estimate of drug-likeness (QED) is 0.265. The third-order valence-corrected chi connectivity index (χ3v) is 3.82. The summed E-state index contributed by atoms with van der Waals surface area (Å²) >= 11 is 0. The van der Waals surface area contributed by atoms with Crippen LogP contribution in [-0.4, -0.2) is 22.8 Å². The van der Waals surface area contributed by atoms with E-state index in [-0.39, 0.29) is 0 Å². The highest BCUT2D eigenvalue weighted by molar-refractivity contribution is 5.62. The van der Waals surface area contributed by atoms with Crippen molar-refractivity contribution in [3.8, 4) is 0 Å². The van der Waals surface area contributed by atoms with Crippen molar-refractivity contribution in [1.82, 2.24) is 0 Å². The van der Waals surface area contributed by atoms with Crippen molar-refractivity contribution in [1.29, 1.82) is 0 Å². The Bertz CT molecular complexity index is 235. The first-order valence-electron chi connectivity index (χ1n) is 9.56. The molecule has 0 saturated carbocycles. The van der Waals surface area contributed by atoms with E-state index in [0.29, 0.717) is 6.61 Å². The SMILES string of the molecule is C=CCCCCCCCCCCCCCCCCO.CC(=O)O. The summed E-state index contributed by atoms with van der Waals surface area (Å²) in [7, 11) is 0. The Hall–Kier alpha value is -0.830. The number of unbranched alkanes of at least 4 members (excludes halogenated alkanes) is 14. The van der Waals surface area contributed by atoms with Crippen molar-refractivity contribution in [2.24, 2.45) is 0 Å². The number of aliphatic hydroxyl groups is 1. The number of allylic oxidation sites excluding steroid dienone is 1. The number of hydrogen-bond donors (Lipinski definition) is 2. The Balaban J connectivity index is 0. The third-order valence-electron chi connectivity index (χ3n) is 3.82. The second kappa shape index (κ2) is 23.4. The molecule has 0 atom stereocenters. The average molecular weight is 329 g/mol. The van der Waals surface area contributed by atoms with Crippen molar-refractivity contribution in [3.63, 3.8) is 0 Å². The van der Waals surface area contributed by atoms with Crippen LogP contribution in [0.5, 0.6) is 0 Å². The van der Waals surface area contributed by atoms with Crippen molar-refractivity contribution in [2.45, 2.75) is 103 Å². The predicted molar refractivity (Wildman–Crippen MR) is 99.8 cm³/mol. The van der Waals surface area contributed by atoms with Crippen LogP contribution >= 0.6 is 0 Å². The fourth-order valence-corrected chi connectivity index (χ4v) is 2.52. The molecular formula is C20H40O3. The van der Waals surface area contributed by atoms with Crippen LogP contribution in [0.2, 0.25) is 0 Å². The first-order chi connectivity index (χ1) is 11.1. The molecule has 138 valence electrons. The molecule has 0 aliphatic rings. The minimum absolute atomic E-state index is 0.369. The highest BCUT2D eigenvalue weighted by atomic mass is 16.4. The zero-order valence-corrected chi connectivity index (χ0v) is 15.4. The van der Waals surface area contributed by atoms with E-state index < -0.39 is 5.97 Å². The molecule has 0 saturated heterocycles. The molecule has 0 aliphatic heterocycles. The maximum atomic E-state index is 9.00. The van der Waals surface area contributed by atoms with Gasteiger partial charge in [0.1, 0.15) is 0 Å². The van der Waals surface area contributed by atoms with Gasteiger partial charge in [-0.3, -0.25) is 4.79 Å². The maximum absolute atomic E-state index is 9.00. The molecule has 0 aromatic rings. The van der Waals surface area contributed by atoms with Gasteiger partial charge in [-0.15, -0.1) is 6.58 Å². The highest BCUT2D eigenvalue weighted by Gasteiger charge is 1.93. The van der Waals surface area contributed by atoms with Gasteiger partial charge in [0, 0.05) is 13.5 Å². The smallest absolute Gasteiger partial charge is 0.300 e. The van der Waals surface area contributed by atoms with Gasteiger partial charge in [-0.2, -0.15) is 0 Å². The van der Waals surface area contributed by atoms with Gasteiger partial charge >= 0.3 is 0 Å². The van der Waals surface area contributed by atoms with E-state index in [1.54, 1.807) is 0 Å². The topological polar surface area (TPSA) is 57.5 Å². The summed E-state index contributed by atoms with van der Waals surface area (Å²) in [6.07, 6.45) is 22.2. The van der Waals surface area contributed by atoms with Crippen LogP contribution in [0.15, 0.2) is 12.7 Å². The molecule has 3 heteroatoms. The van der Waals surface area contributed by atoms with Gasteiger partial charge in [0.25, 0.3) is 5.97 Å². The van der Waals surface area contributed by atoms with E-state index in [1.807, 2.05) is 6.08 Å². The Labute approximate surface area is 144 Å². The van der Waals surface area contributed by atoms with Crippen molar-refractivity contribution >= 4 is 5.97 Å². The molecular weight excluding hydrogens is 288 g/mol. The van der Waals surface area contributed by atoms with Crippen LogP contribution in [-0.2, 0) is 4.79 Å². The number of aliphatic hydroxyl groups excluding tert-OH is 1. The minimum Gasteiger partial charge on any atom is -0.481 e. The van der Waals surface area contributed by atoms with Gasteiger partial charge in [0.2, 0.25) is 0 Å². The second-order valence-corrected chi connectivity index (χ2v) is 6.27. The van der Waals surface area contributed by atoms with E-state index in [1.165, 1.54) is 89.9 Å². The lowest BCUT2D eigenvalue weighted by molar-refractivity contribution is -0.134. The number of aliphatic carboxylic acids is 1. The van der Waals surface area contributed by atoms with Crippen molar-refractivity contribution in [2.75, 3.05) is 6.61 Å². The molecule has 0 amide bonds. The summed E-state index contributed by atoms with van der Waals surface area (Å²) in [5, 5.41) is 16.1. The lowest BCUT2D eigenvalue weighted by atomic mass is 10.0. The van der Waals surface area contributed by atoms with Crippen LogP contribution in [0, 0.1) is 0 Å². The number of carbonyl (C=O) groups is 1. The molecule has 0 aromatic carbocycles. The molecule has 0 bridgehead atoms. The molecule has 2 N–H and O–H groups in total. The molecule has 0 aromatic heterocycles. The van der Waals surface area contributed by atoms with Crippen LogP contribution in [0.3, 0.4) is 0 Å². The largest absolute Gasteiger partial charge is 0.481 e. The summed E-state index contributed by atoms with van der Waals surface area (Å²) in [4.78, 5) is 9.00. The first kappa shape index (κ1) is 24.4. The molecule has 0 rings (SSSR count). The van der Waals surface area contributed by atoms with Gasteiger partial charge in [-0.05, 0) is 19.3 Å². The van der Waals surface area contributed by atoms with E-state index in [9.17, 15) is 0 Å². The standard InChI is InChI=1S/C18H36O.C2H4O2/c1-2-3-4-5-6-7-8-9-10-11-12-13-14-15-16-17-18-19;1-2(3)4/h2,19H,1,3-18H2;1H3,(H,3,4). The summed E-state index contributed by atoms with van der Waals surface area (Å²) in [5.41, 5.74) is 0. The molecule has 0 fully saturated rings. The molecule has 23 heavy (non-hydrogen) atoms. The Morgan fingerprint density at radius 1 is 0.739 bits per heavy atom. The lowest BCUT2D eigenvalue weighted by Gasteiger charge is -2.03. The summed E-state index contributed by atoms with van der Waals surface area (Å²) < 4.78 is 0. The molecule has 0 unspecified atom stereocenters. The molecule has 3 nitrogen and oxygen atoms in total. The number of carboxylic acids is 1. The van der Waals surface area contributed by atoms with Gasteiger partial charge in [0.05, 0.1) is 0 Å². The first-order valence-corrected chi connectivity index (χ1v) is 9.56. The van der Waals surface area contributed by atoms with Crippen LogP contribution in [0.4, 0.5) is 0 Å². The van der Waals surface area contributed by atoms with Crippen LogP contribution in [0.1, 0.15) is 103 Å². The Morgan fingerprint density at radius 2 is 1.00 bits per heavy atom. The van der Waals surface area contributed by atoms with Gasteiger partial charge in [0.15, 0.2) is 0 Å². The zero-order valence-electron chi connectivity index (χ0n) is 15.4. The van der Waals surface area contributed by atoms with Gasteiger partial charge in [-0.1, -0.05) is 83.1 Å². The predicted octanol–water partition coefficient (Wildman–Crippen LogP) is 6.11. The average Bonchev–Trinajstić information content (AvgIpc) is 2.50. The fraction of sp³-hybridized carbons (Fsp3) is 0.850. The number of carboxylic acid groups (broad SMARTS) is 1. The third kappa shape index (κ3) is 33.8. The van der Waals surface area contributed by atoms with E-state index in [4.69, 9.17) is 15.0 Å². The lowest BCUT2D eigenvalue weighted by Crippen LogP contribution is -1.85. The Morgan fingerprint density at radius 3 is 1.26 bits per heavy atom. The second-order valence-electron chi connectivity index (χ2n) is 6.27. The van der Waals surface area contributed by atoms with E-state index in [0.717, 1.165) is 13.3 Å².